The van der Waals surface area contributed by atoms with Gasteiger partial charge in [-0.05, 0) is 29.5 Å². The van der Waals surface area contributed by atoms with E-state index < -0.39 is 5.54 Å². The van der Waals surface area contributed by atoms with Gasteiger partial charge in [0.2, 0.25) is 0 Å². The van der Waals surface area contributed by atoms with Crippen molar-refractivity contribution in [3.8, 4) is 0 Å². The summed E-state index contributed by atoms with van der Waals surface area (Å²) in [5, 5.41) is 0. The first-order valence-electron chi connectivity index (χ1n) is 9.90. The molecule has 1 saturated carbocycles. The first-order chi connectivity index (χ1) is 14.3. The smallest absolute Gasteiger partial charge is 0.188 e. The zero-order valence-electron chi connectivity index (χ0n) is 16.0. The van der Waals surface area contributed by atoms with Gasteiger partial charge in [-0.2, -0.15) is 0 Å². The Bertz CT molecular complexity index is 1020. The molecule has 3 aromatic carbocycles. The molecule has 0 unspecified atom stereocenters. The largest absolute Gasteiger partial charge is 0.309 e. The third-order valence-electron chi connectivity index (χ3n) is 5.63. The summed E-state index contributed by atoms with van der Waals surface area (Å²) in [6, 6.07) is 31.1. The Kier molecular flexibility index (Phi) is 4.36. The van der Waals surface area contributed by atoms with Crippen molar-refractivity contribution in [2.45, 2.75) is 18.4 Å². The molecule has 141 valence electrons. The van der Waals surface area contributed by atoms with Gasteiger partial charge < -0.3 is 4.57 Å². The quantitative estimate of drug-likeness (QED) is 0.339. The van der Waals surface area contributed by atoms with Gasteiger partial charge in [0, 0.05) is 5.92 Å². The zero-order valence-corrected chi connectivity index (χ0v) is 16.0. The van der Waals surface area contributed by atoms with Crippen LogP contribution in [0.2, 0.25) is 0 Å². The first-order valence-corrected chi connectivity index (χ1v) is 9.90. The molecule has 3 heteroatoms. The molecular weight excluding hydrogens is 356 g/mol. The molecule has 3 nitrogen and oxygen atoms in total. The van der Waals surface area contributed by atoms with Crippen LogP contribution in [0.3, 0.4) is 0 Å². The Morgan fingerprint density at radius 1 is 0.724 bits per heavy atom. The van der Waals surface area contributed by atoms with Crippen molar-refractivity contribution in [2.24, 2.45) is 0 Å². The SMILES string of the molecule is O=C([C]1CC1)c1cncn1C(c1ccccc1)(c1ccccc1)c1ccccc1. The fraction of sp³-hybridized carbons (Fsp3) is 0.115. The van der Waals surface area contributed by atoms with Crippen molar-refractivity contribution in [3.63, 3.8) is 0 Å². The highest BCUT2D eigenvalue weighted by molar-refractivity contribution is 6.07. The van der Waals surface area contributed by atoms with E-state index in [1.807, 2.05) is 54.6 Å². The summed E-state index contributed by atoms with van der Waals surface area (Å²) in [5.41, 5.74) is 3.20. The van der Waals surface area contributed by atoms with Gasteiger partial charge in [0.15, 0.2) is 5.78 Å². The Morgan fingerprint density at radius 3 is 1.59 bits per heavy atom. The zero-order chi connectivity index (χ0) is 19.7. The maximum Gasteiger partial charge on any atom is 0.188 e. The molecule has 0 bridgehead atoms. The van der Waals surface area contributed by atoms with Gasteiger partial charge in [0.1, 0.15) is 11.2 Å². The minimum Gasteiger partial charge on any atom is -0.309 e. The van der Waals surface area contributed by atoms with Gasteiger partial charge in [-0.3, -0.25) is 4.79 Å². The van der Waals surface area contributed by atoms with Gasteiger partial charge in [-0.1, -0.05) is 91.0 Å². The van der Waals surface area contributed by atoms with E-state index >= 15 is 0 Å². The second-order valence-electron chi connectivity index (χ2n) is 7.39. The molecule has 1 aliphatic carbocycles. The van der Waals surface area contributed by atoms with E-state index in [2.05, 4.69) is 45.9 Å². The fourth-order valence-corrected chi connectivity index (χ4v) is 4.16. The number of hydrogen-bond donors (Lipinski definition) is 0. The van der Waals surface area contributed by atoms with Gasteiger partial charge in [0.25, 0.3) is 0 Å². The van der Waals surface area contributed by atoms with E-state index in [9.17, 15) is 4.79 Å². The molecule has 1 aromatic heterocycles. The van der Waals surface area contributed by atoms with Crippen LogP contribution in [-0.2, 0) is 5.54 Å². The summed E-state index contributed by atoms with van der Waals surface area (Å²) in [6.45, 7) is 0. The molecule has 0 N–H and O–H groups in total. The average Bonchev–Trinajstić information content (AvgIpc) is 3.54. The molecular formula is C26H21N2O. The molecule has 4 aromatic rings. The third kappa shape index (κ3) is 2.90. The Morgan fingerprint density at radius 2 is 1.17 bits per heavy atom. The number of carbonyl (C=O) groups is 1. The summed E-state index contributed by atoms with van der Waals surface area (Å²) < 4.78 is 2.06. The van der Waals surface area contributed by atoms with Crippen molar-refractivity contribution in [3.05, 3.63) is 132 Å². The topological polar surface area (TPSA) is 34.9 Å². The van der Waals surface area contributed by atoms with Gasteiger partial charge in [0.05, 0.1) is 12.5 Å². The lowest BCUT2D eigenvalue weighted by atomic mass is 9.76. The van der Waals surface area contributed by atoms with Crippen LogP contribution in [0.15, 0.2) is 104 Å². The summed E-state index contributed by atoms with van der Waals surface area (Å²) >= 11 is 0. The molecule has 29 heavy (non-hydrogen) atoms. The highest BCUT2D eigenvalue weighted by atomic mass is 16.1. The van der Waals surface area contributed by atoms with Crippen LogP contribution in [0.5, 0.6) is 0 Å². The standard InChI is InChI=1S/C26H21N2O/c29-25(20-16-17-20)24-18-27-19-28(24)26(21-10-4-1-5-11-21,22-12-6-2-7-13-22)23-14-8-3-9-15-23/h1-15,18-19H,16-17H2. The van der Waals surface area contributed by atoms with E-state index in [-0.39, 0.29) is 5.78 Å². The number of hydrogen-bond acceptors (Lipinski definition) is 2. The summed E-state index contributed by atoms with van der Waals surface area (Å²) in [7, 11) is 0. The maximum atomic E-state index is 13.1. The van der Waals surface area contributed by atoms with Crippen LogP contribution in [0.1, 0.15) is 40.0 Å². The number of benzene rings is 3. The van der Waals surface area contributed by atoms with Gasteiger partial charge in [-0.25, -0.2) is 4.98 Å². The lowest BCUT2D eigenvalue weighted by Gasteiger charge is -2.38. The maximum absolute atomic E-state index is 13.1. The number of aromatic nitrogens is 2. The van der Waals surface area contributed by atoms with Gasteiger partial charge in [-0.15, -0.1) is 0 Å². The molecule has 1 radical (unpaired) electrons. The van der Waals surface area contributed by atoms with Crippen molar-refractivity contribution >= 4 is 5.78 Å². The molecule has 1 fully saturated rings. The number of carbonyl (C=O) groups excluding carboxylic acids is 1. The van der Waals surface area contributed by atoms with Crippen molar-refractivity contribution in [1.82, 2.24) is 9.55 Å². The van der Waals surface area contributed by atoms with Crippen LogP contribution in [0, 0.1) is 5.92 Å². The Labute approximate surface area is 170 Å². The number of ketones is 1. The first kappa shape index (κ1) is 17.6. The molecule has 0 amide bonds. The Balaban J connectivity index is 1.87. The van der Waals surface area contributed by atoms with E-state index in [1.165, 1.54) is 0 Å². The molecule has 0 spiro atoms. The van der Waals surface area contributed by atoms with Crippen molar-refractivity contribution in [2.75, 3.05) is 0 Å². The number of Topliss-reactive ketones (excluding diaryl/α,β-unsaturated/α-hetero) is 1. The second-order valence-corrected chi connectivity index (χ2v) is 7.39. The number of rotatable bonds is 6. The lowest BCUT2D eigenvalue weighted by Crippen LogP contribution is -2.39. The third-order valence-corrected chi connectivity index (χ3v) is 5.63. The van der Waals surface area contributed by atoms with Crippen LogP contribution in [-0.4, -0.2) is 15.3 Å². The molecule has 0 atom stereocenters. The number of imidazole rings is 1. The summed E-state index contributed by atoms with van der Waals surface area (Å²) in [6.07, 6.45) is 5.28. The van der Waals surface area contributed by atoms with Crippen molar-refractivity contribution in [1.29, 1.82) is 0 Å². The molecule has 0 saturated heterocycles. The molecule has 0 aliphatic heterocycles. The van der Waals surface area contributed by atoms with E-state index in [4.69, 9.17) is 0 Å². The number of nitrogens with zero attached hydrogens (tertiary/aromatic N) is 2. The molecule has 1 heterocycles. The predicted octanol–water partition coefficient (Wildman–Crippen LogP) is 5.27. The minimum atomic E-state index is -0.694. The summed E-state index contributed by atoms with van der Waals surface area (Å²) in [4.78, 5) is 17.6. The van der Waals surface area contributed by atoms with Crippen molar-refractivity contribution < 1.29 is 4.79 Å². The van der Waals surface area contributed by atoms with E-state index in [1.54, 1.807) is 12.5 Å². The summed E-state index contributed by atoms with van der Waals surface area (Å²) in [5.74, 6) is 1.09. The van der Waals surface area contributed by atoms with Crippen LogP contribution in [0.25, 0.3) is 0 Å². The van der Waals surface area contributed by atoms with E-state index in [0.29, 0.717) is 5.69 Å². The van der Waals surface area contributed by atoms with Crippen LogP contribution < -0.4 is 0 Å². The predicted molar refractivity (Wildman–Crippen MR) is 114 cm³/mol. The minimum absolute atomic E-state index is 0.106. The molecule has 1 aliphatic rings. The highest BCUT2D eigenvalue weighted by Crippen LogP contribution is 2.43. The monoisotopic (exact) mass is 377 g/mol. The van der Waals surface area contributed by atoms with Crippen LogP contribution >= 0.6 is 0 Å². The highest BCUT2D eigenvalue weighted by Gasteiger charge is 2.42. The fourth-order valence-electron chi connectivity index (χ4n) is 4.16. The molecule has 5 rings (SSSR count). The van der Waals surface area contributed by atoms with Crippen LogP contribution in [0.4, 0.5) is 0 Å². The Hall–Kier alpha value is -3.46. The lowest BCUT2D eigenvalue weighted by molar-refractivity contribution is 0.101. The van der Waals surface area contributed by atoms with Gasteiger partial charge >= 0.3 is 0 Å². The normalized spacial score (nSPS) is 13.9. The van der Waals surface area contributed by atoms with E-state index in [0.717, 1.165) is 35.4 Å². The second kappa shape index (κ2) is 7.17. The average molecular weight is 377 g/mol.